The molecule has 0 bridgehead atoms. The first-order chi connectivity index (χ1) is 6.65. The van der Waals surface area contributed by atoms with Crippen molar-refractivity contribution in [3.05, 3.63) is 6.20 Å². The summed E-state index contributed by atoms with van der Waals surface area (Å²) in [5, 5.41) is 0. The molecule has 0 saturated carbocycles. The Morgan fingerprint density at radius 2 is 1.87 bits per heavy atom. The zero-order valence-corrected chi connectivity index (χ0v) is 10.9. The van der Waals surface area contributed by atoms with E-state index in [9.17, 15) is 16.8 Å². The lowest BCUT2D eigenvalue weighted by Crippen LogP contribution is -2.21. The molecule has 15 heavy (non-hydrogen) atoms. The number of hydrogen-bond donors (Lipinski definition) is 0. The number of thiazole rings is 1. The number of rotatable bonds is 3. The number of halogens is 1. The van der Waals surface area contributed by atoms with Crippen LogP contribution in [0.2, 0.25) is 0 Å². The average Bonchev–Trinajstić information content (AvgIpc) is 2.50. The summed E-state index contributed by atoms with van der Waals surface area (Å²) in [4.78, 5) is 3.50. The Labute approximate surface area is 96.0 Å². The molecule has 10 heteroatoms. The molecule has 86 valence electrons. The molecule has 0 amide bonds. The average molecular weight is 291 g/mol. The summed E-state index contributed by atoms with van der Waals surface area (Å²) in [6.07, 6.45) is 0.920. The lowest BCUT2D eigenvalue weighted by molar-refractivity contribution is 0.520. The fraction of sp³-hybridized carbons (Fsp3) is 0.400. The van der Waals surface area contributed by atoms with Crippen LogP contribution >= 0.6 is 22.0 Å². The zero-order chi connectivity index (χ0) is 11.9. The van der Waals surface area contributed by atoms with Crippen molar-refractivity contribution < 1.29 is 16.8 Å². The van der Waals surface area contributed by atoms with Gasteiger partial charge in [-0.15, -0.1) is 0 Å². The van der Waals surface area contributed by atoms with Crippen molar-refractivity contribution in [2.75, 3.05) is 14.1 Å². The number of sulfonamides is 1. The first-order valence-electron chi connectivity index (χ1n) is 3.48. The highest BCUT2D eigenvalue weighted by atomic mass is 35.7. The molecular formula is C5H7ClN2O4S3. The van der Waals surface area contributed by atoms with Crippen LogP contribution in [0, 0.1) is 0 Å². The van der Waals surface area contributed by atoms with E-state index < -0.39 is 19.1 Å². The van der Waals surface area contributed by atoms with Gasteiger partial charge < -0.3 is 0 Å². The lowest BCUT2D eigenvalue weighted by atomic mass is 11.0. The van der Waals surface area contributed by atoms with Crippen molar-refractivity contribution in [1.82, 2.24) is 9.29 Å². The first-order valence-corrected chi connectivity index (χ1v) is 8.05. The van der Waals surface area contributed by atoms with Gasteiger partial charge in [0.25, 0.3) is 19.1 Å². The number of aromatic nitrogens is 1. The summed E-state index contributed by atoms with van der Waals surface area (Å²) in [6, 6.07) is 0. The van der Waals surface area contributed by atoms with E-state index in [1.54, 1.807) is 0 Å². The van der Waals surface area contributed by atoms with E-state index >= 15 is 0 Å². The highest BCUT2D eigenvalue weighted by molar-refractivity contribution is 8.15. The van der Waals surface area contributed by atoms with Crippen LogP contribution in [0.5, 0.6) is 0 Å². The quantitative estimate of drug-likeness (QED) is 0.749. The van der Waals surface area contributed by atoms with Crippen LogP contribution in [0.4, 0.5) is 0 Å². The van der Waals surface area contributed by atoms with Gasteiger partial charge in [0.1, 0.15) is 0 Å². The number of nitrogens with zero attached hydrogens (tertiary/aromatic N) is 2. The molecule has 1 aromatic heterocycles. The smallest absolute Gasteiger partial charge is 0.231 e. The van der Waals surface area contributed by atoms with E-state index in [1.165, 1.54) is 14.1 Å². The minimum absolute atomic E-state index is 0.287. The van der Waals surface area contributed by atoms with Gasteiger partial charge in [-0.05, 0) is 0 Å². The van der Waals surface area contributed by atoms with E-state index in [2.05, 4.69) is 4.98 Å². The monoisotopic (exact) mass is 290 g/mol. The molecule has 0 unspecified atom stereocenters. The molecular weight excluding hydrogens is 284 g/mol. The van der Waals surface area contributed by atoms with E-state index in [0.29, 0.717) is 11.3 Å². The molecule has 0 saturated heterocycles. The molecule has 6 nitrogen and oxygen atoms in total. The molecule has 0 atom stereocenters. The third kappa shape index (κ3) is 2.67. The third-order valence-electron chi connectivity index (χ3n) is 1.40. The van der Waals surface area contributed by atoms with Crippen LogP contribution in [0.15, 0.2) is 14.7 Å². The van der Waals surface area contributed by atoms with Gasteiger partial charge in [-0.1, -0.05) is 11.3 Å². The van der Waals surface area contributed by atoms with Crippen LogP contribution in [-0.4, -0.2) is 40.2 Å². The second-order valence-corrected chi connectivity index (χ2v) is 8.82. The van der Waals surface area contributed by atoms with Gasteiger partial charge in [-0.2, -0.15) is 0 Å². The molecule has 0 aliphatic carbocycles. The van der Waals surface area contributed by atoms with Crippen molar-refractivity contribution in [3.63, 3.8) is 0 Å². The Morgan fingerprint density at radius 1 is 1.33 bits per heavy atom. The van der Waals surface area contributed by atoms with Crippen molar-refractivity contribution in [2.24, 2.45) is 0 Å². The zero-order valence-electron chi connectivity index (χ0n) is 7.71. The van der Waals surface area contributed by atoms with Crippen LogP contribution in [0.1, 0.15) is 0 Å². The van der Waals surface area contributed by atoms with Crippen LogP contribution in [0.25, 0.3) is 0 Å². The SMILES string of the molecule is CN(C)S(=O)(=O)c1ncc(S(=O)(=O)Cl)s1. The van der Waals surface area contributed by atoms with E-state index in [0.717, 1.165) is 10.5 Å². The van der Waals surface area contributed by atoms with Gasteiger partial charge in [-0.3, -0.25) is 0 Å². The molecule has 0 fully saturated rings. The summed E-state index contributed by atoms with van der Waals surface area (Å²) in [5.41, 5.74) is 0. The lowest BCUT2D eigenvalue weighted by Gasteiger charge is -2.06. The molecule has 0 aliphatic heterocycles. The second kappa shape index (κ2) is 3.98. The minimum Gasteiger partial charge on any atom is -0.231 e. The van der Waals surface area contributed by atoms with Gasteiger partial charge in [0.2, 0.25) is 4.34 Å². The maximum atomic E-state index is 11.5. The highest BCUT2D eigenvalue weighted by Gasteiger charge is 2.24. The molecule has 0 radical (unpaired) electrons. The van der Waals surface area contributed by atoms with E-state index in [-0.39, 0.29) is 8.55 Å². The Bertz CT molecular complexity index is 559. The predicted octanol–water partition coefficient (Wildman–Crippen LogP) is 0.321. The maximum Gasteiger partial charge on any atom is 0.272 e. The summed E-state index contributed by atoms with van der Waals surface area (Å²) in [5.74, 6) is 0. The Morgan fingerprint density at radius 3 is 2.20 bits per heavy atom. The van der Waals surface area contributed by atoms with Crippen LogP contribution in [-0.2, 0) is 19.1 Å². The Hall–Kier alpha value is -0.220. The maximum absolute atomic E-state index is 11.5. The molecule has 1 aromatic rings. The molecule has 0 N–H and O–H groups in total. The van der Waals surface area contributed by atoms with Gasteiger partial charge in [0.15, 0.2) is 4.21 Å². The highest BCUT2D eigenvalue weighted by Crippen LogP contribution is 2.26. The van der Waals surface area contributed by atoms with Crippen molar-refractivity contribution in [3.8, 4) is 0 Å². The van der Waals surface area contributed by atoms with Crippen molar-refractivity contribution in [1.29, 1.82) is 0 Å². The third-order valence-corrected chi connectivity index (χ3v) is 6.65. The summed E-state index contributed by atoms with van der Waals surface area (Å²) in [6.45, 7) is 0. The summed E-state index contributed by atoms with van der Waals surface area (Å²) >= 11 is 0.514. The van der Waals surface area contributed by atoms with Crippen LogP contribution in [0.3, 0.4) is 0 Å². The Kier molecular flexibility index (Phi) is 3.41. The minimum atomic E-state index is -3.92. The summed E-state index contributed by atoms with van der Waals surface area (Å²) in [7, 11) is 0.0644. The van der Waals surface area contributed by atoms with Gasteiger partial charge >= 0.3 is 0 Å². The van der Waals surface area contributed by atoms with Gasteiger partial charge in [-0.25, -0.2) is 26.1 Å². The normalized spacial score (nSPS) is 13.3. The molecule has 0 aromatic carbocycles. The molecule has 1 heterocycles. The summed E-state index contributed by atoms with van der Waals surface area (Å²) < 4.78 is 45.1. The van der Waals surface area contributed by atoms with E-state index in [4.69, 9.17) is 10.7 Å². The molecule has 1 rings (SSSR count). The molecule has 0 aliphatic rings. The van der Waals surface area contributed by atoms with Crippen molar-refractivity contribution >= 4 is 41.1 Å². The van der Waals surface area contributed by atoms with E-state index in [1.807, 2.05) is 0 Å². The van der Waals surface area contributed by atoms with Gasteiger partial charge in [0, 0.05) is 24.8 Å². The van der Waals surface area contributed by atoms with Gasteiger partial charge in [0.05, 0.1) is 6.20 Å². The van der Waals surface area contributed by atoms with Crippen LogP contribution < -0.4 is 0 Å². The topological polar surface area (TPSA) is 84.4 Å². The first kappa shape index (κ1) is 12.8. The largest absolute Gasteiger partial charge is 0.272 e. The van der Waals surface area contributed by atoms with Crippen molar-refractivity contribution in [2.45, 2.75) is 8.55 Å². The standard InChI is InChI=1S/C5H7ClN2O4S3/c1-8(2)15(11,12)5-7-3-4(13-5)14(6,9)10/h3H,1-2H3. The predicted molar refractivity (Wildman–Crippen MR) is 56.0 cm³/mol. The fourth-order valence-corrected chi connectivity index (χ4v) is 4.03. The fourth-order valence-electron chi connectivity index (χ4n) is 0.632. The number of hydrogen-bond acceptors (Lipinski definition) is 6. The molecule has 0 spiro atoms. The second-order valence-electron chi connectivity index (χ2n) is 2.67. The Balaban J connectivity index is 3.28.